The van der Waals surface area contributed by atoms with E-state index in [2.05, 4.69) is 36.3 Å². The molecule has 0 saturated heterocycles. The quantitative estimate of drug-likeness (QED) is 0.655. The van der Waals surface area contributed by atoms with Gasteiger partial charge in [0.1, 0.15) is 5.82 Å². The van der Waals surface area contributed by atoms with Gasteiger partial charge < -0.3 is 0 Å². The van der Waals surface area contributed by atoms with Gasteiger partial charge in [-0.25, -0.2) is 15.8 Å². The maximum atomic E-state index is 5.28. The molecule has 0 unspecified atom stereocenters. The Kier molecular flexibility index (Phi) is 3.16. The lowest BCUT2D eigenvalue weighted by atomic mass is 10.4. The van der Waals surface area contributed by atoms with E-state index < -0.39 is 0 Å². The Bertz CT molecular complexity index is 494. The minimum absolute atomic E-state index is 0.369. The maximum Gasteiger partial charge on any atom is 0.239 e. The molecule has 6 nitrogen and oxygen atoms in total. The summed E-state index contributed by atoms with van der Waals surface area (Å²) in [5.41, 5.74) is 2.42. The lowest BCUT2D eigenvalue weighted by molar-refractivity contribution is 0.857. The van der Waals surface area contributed by atoms with Gasteiger partial charge in [-0.1, -0.05) is 6.92 Å². The van der Waals surface area contributed by atoms with Crippen LogP contribution < -0.4 is 11.3 Å². The van der Waals surface area contributed by atoms with E-state index in [1.807, 2.05) is 17.7 Å². The third-order valence-electron chi connectivity index (χ3n) is 2.12. The summed E-state index contributed by atoms with van der Waals surface area (Å²) in [5, 5.41) is 0. The van der Waals surface area contributed by atoms with Crippen LogP contribution in [0.25, 0.3) is 5.82 Å². The first kappa shape index (κ1) is 11.0. The number of hydrazine groups is 1. The van der Waals surface area contributed by atoms with Crippen molar-refractivity contribution in [1.29, 1.82) is 0 Å². The number of halogens is 1. The number of aromatic nitrogens is 4. The van der Waals surface area contributed by atoms with Crippen LogP contribution in [0.2, 0.25) is 0 Å². The SMILES string of the molecule is CCc1nccn1-c1nc(NN)ncc1Br. The largest absolute Gasteiger partial charge is 0.292 e. The van der Waals surface area contributed by atoms with E-state index in [4.69, 9.17) is 5.84 Å². The van der Waals surface area contributed by atoms with Gasteiger partial charge in [0.2, 0.25) is 5.95 Å². The highest BCUT2D eigenvalue weighted by Gasteiger charge is 2.09. The van der Waals surface area contributed by atoms with E-state index in [0.29, 0.717) is 5.95 Å². The lowest BCUT2D eigenvalue weighted by Gasteiger charge is -2.08. The van der Waals surface area contributed by atoms with Crippen LogP contribution in [-0.4, -0.2) is 19.5 Å². The highest BCUT2D eigenvalue weighted by atomic mass is 79.9. The molecule has 0 fully saturated rings. The van der Waals surface area contributed by atoms with E-state index in [-0.39, 0.29) is 0 Å². The molecule has 0 radical (unpaired) electrons. The van der Waals surface area contributed by atoms with E-state index in [0.717, 1.165) is 22.5 Å². The smallest absolute Gasteiger partial charge is 0.239 e. The van der Waals surface area contributed by atoms with E-state index >= 15 is 0 Å². The summed E-state index contributed by atoms with van der Waals surface area (Å²) in [7, 11) is 0. The van der Waals surface area contributed by atoms with Gasteiger partial charge in [0.15, 0.2) is 5.82 Å². The number of nitrogens with zero attached hydrogens (tertiary/aromatic N) is 4. The van der Waals surface area contributed by atoms with E-state index in [1.165, 1.54) is 0 Å². The highest BCUT2D eigenvalue weighted by molar-refractivity contribution is 9.10. The average Bonchev–Trinajstić information content (AvgIpc) is 2.77. The van der Waals surface area contributed by atoms with Crippen molar-refractivity contribution in [2.45, 2.75) is 13.3 Å². The fourth-order valence-electron chi connectivity index (χ4n) is 1.39. The summed E-state index contributed by atoms with van der Waals surface area (Å²) < 4.78 is 2.69. The Labute approximate surface area is 101 Å². The van der Waals surface area contributed by atoms with Gasteiger partial charge in [0, 0.05) is 25.0 Å². The minimum atomic E-state index is 0.369. The van der Waals surface area contributed by atoms with Crippen molar-refractivity contribution in [2.24, 2.45) is 5.84 Å². The van der Waals surface area contributed by atoms with Crippen LogP contribution in [0.5, 0.6) is 0 Å². The number of anilines is 1. The molecule has 0 spiro atoms. The average molecular weight is 283 g/mol. The molecule has 84 valence electrons. The fraction of sp³-hybridized carbons (Fsp3) is 0.222. The second kappa shape index (κ2) is 4.58. The van der Waals surface area contributed by atoms with Crippen molar-refractivity contribution in [1.82, 2.24) is 19.5 Å². The lowest BCUT2D eigenvalue weighted by Crippen LogP contribution is -2.12. The van der Waals surface area contributed by atoms with Gasteiger partial charge in [-0.3, -0.25) is 9.99 Å². The molecule has 0 amide bonds. The predicted molar refractivity (Wildman–Crippen MR) is 64.0 cm³/mol. The van der Waals surface area contributed by atoms with Gasteiger partial charge in [0.25, 0.3) is 0 Å². The van der Waals surface area contributed by atoms with Gasteiger partial charge in [-0.15, -0.1) is 0 Å². The van der Waals surface area contributed by atoms with Crippen LogP contribution in [0.1, 0.15) is 12.7 Å². The molecule has 0 aliphatic heterocycles. The van der Waals surface area contributed by atoms with Crippen LogP contribution in [0, 0.1) is 0 Å². The zero-order chi connectivity index (χ0) is 11.5. The molecule has 0 aliphatic carbocycles. The van der Waals surface area contributed by atoms with Crippen molar-refractivity contribution in [2.75, 3.05) is 5.43 Å². The molecule has 2 heterocycles. The normalized spacial score (nSPS) is 10.4. The summed E-state index contributed by atoms with van der Waals surface area (Å²) in [6, 6.07) is 0. The Morgan fingerprint density at radius 3 is 3.00 bits per heavy atom. The summed E-state index contributed by atoms with van der Waals surface area (Å²) in [5.74, 6) is 7.30. The number of aryl methyl sites for hydroxylation is 1. The molecule has 0 aromatic carbocycles. The van der Waals surface area contributed by atoms with Gasteiger partial charge in [0.05, 0.1) is 4.47 Å². The molecular formula is C9H11BrN6. The number of nitrogen functional groups attached to an aromatic ring is 1. The highest BCUT2D eigenvalue weighted by Crippen LogP contribution is 2.20. The molecule has 0 saturated carbocycles. The second-order valence-electron chi connectivity index (χ2n) is 3.08. The summed E-state index contributed by atoms with van der Waals surface area (Å²) in [6.07, 6.45) is 6.07. The fourth-order valence-corrected chi connectivity index (χ4v) is 1.77. The minimum Gasteiger partial charge on any atom is -0.292 e. The number of hydrogen-bond donors (Lipinski definition) is 2. The summed E-state index contributed by atoms with van der Waals surface area (Å²) in [6.45, 7) is 2.04. The molecule has 3 N–H and O–H groups in total. The predicted octanol–water partition coefficient (Wildman–Crippen LogP) is 1.27. The number of imidazole rings is 1. The van der Waals surface area contributed by atoms with Crippen molar-refractivity contribution in [3.63, 3.8) is 0 Å². The Morgan fingerprint density at radius 1 is 1.50 bits per heavy atom. The van der Waals surface area contributed by atoms with E-state index in [9.17, 15) is 0 Å². The zero-order valence-electron chi connectivity index (χ0n) is 8.68. The molecule has 0 atom stereocenters. The number of nitrogens with one attached hydrogen (secondary N) is 1. The van der Waals surface area contributed by atoms with Gasteiger partial charge >= 0.3 is 0 Å². The van der Waals surface area contributed by atoms with Crippen LogP contribution in [-0.2, 0) is 6.42 Å². The van der Waals surface area contributed by atoms with E-state index in [1.54, 1.807) is 12.4 Å². The summed E-state index contributed by atoms with van der Waals surface area (Å²) >= 11 is 3.40. The van der Waals surface area contributed by atoms with Crippen LogP contribution >= 0.6 is 15.9 Å². The van der Waals surface area contributed by atoms with Crippen LogP contribution in [0.4, 0.5) is 5.95 Å². The van der Waals surface area contributed by atoms with Crippen molar-refractivity contribution in [3.05, 3.63) is 28.9 Å². The first-order valence-corrected chi connectivity index (χ1v) is 5.57. The third-order valence-corrected chi connectivity index (χ3v) is 2.68. The van der Waals surface area contributed by atoms with Crippen LogP contribution in [0.3, 0.4) is 0 Å². The molecule has 7 heteroatoms. The number of hydrogen-bond acceptors (Lipinski definition) is 5. The Balaban J connectivity index is 2.54. The first-order chi connectivity index (χ1) is 7.76. The van der Waals surface area contributed by atoms with Crippen molar-refractivity contribution in [3.8, 4) is 5.82 Å². The second-order valence-corrected chi connectivity index (χ2v) is 3.93. The molecule has 0 bridgehead atoms. The zero-order valence-corrected chi connectivity index (χ0v) is 10.3. The number of nitrogens with two attached hydrogens (primary N) is 1. The molecular weight excluding hydrogens is 272 g/mol. The van der Waals surface area contributed by atoms with Crippen LogP contribution in [0.15, 0.2) is 23.1 Å². The molecule has 2 aromatic heterocycles. The monoisotopic (exact) mass is 282 g/mol. The Hall–Kier alpha value is -1.47. The molecule has 16 heavy (non-hydrogen) atoms. The standard InChI is InChI=1S/C9H11BrN6/c1-2-7-12-3-4-16(7)8-6(10)5-13-9(14-8)15-11/h3-5H,2,11H2,1H3,(H,13,14,15). The third kappa shape index (κ3) is 1.91. The molecule has 2 rings (SSSR count). The van der Waals surface area contributed by atoms with Crippen molar-refractivity contribution >= 4 is 21.9 Å². The van der Waals surface area contributed by atoms with Crippen molar-refractivity contribution < 1.29 is 0 Å². The molecule has 2 aromatic rings. The Morgan fingerprint density at radius 2 is 2.31 bits per heavy atom. The number of rotatable bonds is 3. The topological polar surface area (TPSA) is 81.7 Å². The summed E-state index contributed by atoms with van der Waals surface area (Å²) in [4.78, 5) is 12.5. The van der Waals surface area contributed by atoms with Gasteiger partial charge in [-0.2, -0.15) is 4.98 Å². The van der Waals surface area contributed by atoms with Gasteiger partial charge in [-0.05, 0) is 15.9 Å². The first-order valence-electron chi connectivity index (χ1n) is 4.78. The molecule has 0 aliphatic rings. The maximum absolute atomic E-state index is 5.28.